The first-order valence-corrected chi connectivity index (χ1v) is 7.20. The van der Waals surface area contributed by atoms with Gasteiger partial charge in [-0.25, -0.2) is 23.5 Å². The zero-order chi connectivity index (χ0) is 13.2. The second kappa shape index (κ2) is 4.92. The highest BCUT2D eigenvalue weighted by Crippen LogP contribution is 2.33. The summed E-state index contributed by atoms with van der Waals surface area (Å²) in [6.45, 7) is 0. The predicted molar refractivity (Wildman–Crippen MR) is 68.4 cm³/mol. The number of aromatic nitrogens is 2. The summed E-state index contributed by atoms with van der Waals surface area (Å²) in [6.07, 6.45) is 3.00. The summed E-state index contributed by atoms with van der Waals surface area (Å²) >= 11 is 1.25. The van der Waals surface area contributed by atoms with Crippen molar-refractivity contribution >= 4 is 27.5 Å². The van der Waals surface area contributed by atoms with E-state index >= 15 is 0 Å². The molecule has 18 heavy (non-hydrogen) atoms. The Kier molecular flexibility index (Phi) is 3.50. The molecule has 0 bridgehead atoms. The molecule has 2 rings (SSSR count). The van der Waals surface area contributed by atoms with Crippen LogP contribution in [0.4, 0.5) is 5.69 Å². The summed E-state index contributed by atoms with van der Waals surface area (Å²) in [5.74, 6) is 0. The molecule has 0 amide bonds. The first kappa shape index (κ1) is 12.8. The maximum Gasteiger partial charge on any atom is 0.240 e. The van der Waals surface area contributed by atoms with Gasteiger partial charge in [-0.15, -0.1) is 0 Å². The van der Waals surface area contributed by atoms with Crippen molar-refractivity contribution in [3.63, 3.8) is 0 Å². The summed E-state index contributed by atoms with van der Waals surface area (Å²) in [4.78, 5) is 8.32. The lowest BCUT2D eigenvalue weighted by Gasteiger charge is -2.08. The summed E-state index contributed by atoms with van der Waals surface area (Å²) in [5.41, 5.74) is 5.92. The number of hydrogen-bond donors (Lipinski definition) is 2. The van der Waals surface area contributed by atoms with Crippen LogP contribution in [0.2, 0.25) is 0 Å². The minimum atomic E-state index is -3.82. The molecule has 4 N–H and O–H groups in total. The molecular formula is C10H10N4O2S2. The topological polar surface area (TPSA) is 112 Å². The van der Waals surface area contributed by atoms with Crippen LogP contribution in [-0.4, -0.2) is 18.4 Å². The van der Waals surface area contributed by atoms with Crippen LogP contribution in [0.1, 0.15) is 0 Å². The van der Waals surface area contributed by atoms with Crippen molar-refractivity contribution in [1.82, 2.24) is 9.97 Å². The highest BCUT2D eigenvalue weighted by Gasteiger charge is 2.15. The number of rotatable bonds is 3. The number of sulfonamides is 1. The second-order valence-electron chi connectivity index (χ2n) is 3.36. The van der Waals surface area contributed by atoms with Gasteiger partial charge in [-0.2, -0.15) is 0 Å². The van der Waals surface area contributed by atoms with Gasteiger partial charge in [-0.1, -0.05) is 17.8 Å². The van der Waals surface area contributed by atoms with Crippen LogP contribution in [0, 0.1) is 0 Å². The van der Waals surface area contributed by atoms with Gasteiger partial charge in [0, 0.05) is 11.1 Å². The normalized spacial score (nSPS) is 11.4. The molecule has 8 heteroatoms. The Bertz CT molecular complexity index is 659. The molecule has 0 saturated heterocycles. The Morgan fingerprint density at radius 1 is 1.22 bits per heavy atom. The van der Waals surface area contributed by atoms with E-state index in [1.54, 1.807) is 24.4 Å². The van der Waals surface area contributed by atoms with E-state index in [2.05, 4.69) is 9.97 Å². The molecule has 0 spiro atoms. The fraction of sp³-hybridized carbons (Fsp3) is 0. The van der Waals surface area contributed by atoms with Gasteiger partial charge in [0.15, 0.2) is 0 Å². The number of nitrogens with zero attached hydrogens (tertiary/aromatic N) is 2. The zero-order valence-corrected chi connectivity index (χ0v) is 10.8. The Hall–Kier alpha value is -1.64. The van der Waals surface area contributed by atoms with Crippen LogP contribution < -0.4 is 10.9 Å². The van der Waals surface area contributed by atoms with E-state index < -0.39 is 10.0 Å². The molecule has 0 aliphatic rings. The van der Waals surface area contributed by atoms with Crippen LogP contribution in [0.5, 0.6) is 0 Å². The average Bonchev–Trinajstić information content (AvgIpc) is 2.32. The largest absolute Gasteiger partial charge is 0.397 e. The highest BCUT2D eigenvalue weighted by atomic mass is 32.2. The maximum absolute atomic E-state index is 11.3. The molecule has 0 atom stereocenters. The Morgan fingerprint density at radius 3 is 2.61 bits per heavy atom. The van der Waals surface area contributed by atoms with Crippen molar-refractivity contribution in [1.29, 1.82) is 0 Å². The third-order valence-corrected chi connectivity index (χ3v) is 4.10. The van der Waals surface area contributed by atoms with Crippen molar-refractivity contribution < 1.29 is 8.42 Å². The van der Waals surface area contributed by atoms with Crippen molar-refractivity contribution in [3.8, 4) is 0 Å². The third-order valence-electron chi connectivity index (χ3n) is 2.10. The van der Waals surface area contributed by atoms with Crippen LogP contribution in [0.3, 0.4) is 0 Å². The molecule has 1 aromatic carbocycles. The Labute approximate surface area is 108 Å². The fourth-order valence-corrected chi connectivity index (χ4v) is 2.88. The van der Waals surface area contributed by atoms with Gasteiger partial charge in [-0.3, -0.25) is 0 Å². The monoisotopic (exact) mass is 282 g/mol. The van der Waals surface area contributed by atoms with E-state index in [1.807, 2.05) is 0 Å². The van der Waals surface area contributed by atoms with E-state index in [0.717, 1.165) is 0 Å². The van der Waals surface area contributed by atoms with E-state index in [4.69, 9.17) is 10.9 Å². The van der Waals surface area contributed by atoms with Gasteiger partial charge >= 0.3 is 0 Å². The minimum Gasteiger partial charge on any atom is -0.397 e. The van der Waals surface area contributed by atoms with E-state index in [-0.39, 0.29) is 10.6 Å². The first-order chi connectivity index (χ1) is 8.48. The molecule has 1 heterocycles. The molecule has 0 radical (unpaired) electrons. The van der Waals surface area contributed by atoms with Gasteiger partial charge in [0.05, 0.1) is 5.69 Å². The van der Waals surface area contributed by atoms with Gasteiger partial charge in [0.2, 0.25) is 10.0 Å². The standard InChI is InChI=1S/C10H10N4O2S2/c11-10-7(17-9-4-5-13-6-14-9)2-1-3-8(10)18(12,15)16/h1-6H,11H2,(H2,12,15,16). The number of hydrogen-bond acceptors (Lipinski definition) is 6. The summed E-state index contributed by atoms with van der Waals surface area (Å²) in [6, 6.07) is 6.36. The quantitative estimate of drug-likeness (QED) is 0.637. The van der Waals surface area contributed by atoms with Crippen molar-refractivity contribution in [2.45, 2.75) is 14.8 Å². The minimum absolute atomic E-state index is 0.0819. The average molecular weight is 282 g/mol. The zero-order valence-electron chi connectivity index (χ0n) is 9.15. The van der Waals surface area contributed by atoms with Gasteiger partial charge in [-0.05, 0) is 18.2 Å². The number of para-hydroxylation sites is 1. The molecule has 0 aliphatic carbocycles. The lowest BCUT2D eigenvalue weighted by atomic mass is 10.3. The van der Waals surface area contributed by atoms with E-state index in [1.165, 1.54) is 24.2 Å². The number of primary sulfonamides is 1. The molecule has 94 valence electrons. The number of anilines is 1. The van der Waals surface area contributed by atoms with Crippen LogP contribution in [0.25, 0.3) is 0 Å². The Morgan fingerprint density at radius 2 is 2.00 bits per heavy atom. The van der Waals surface area contributed by atoms with E-state index in [0.29, 0.717) is 9.92 Å². The summed E-state index contributed by atoms with van der Waals surface area (Å²) in [7, 11) is -3.82. The van der Waals surface area contributed by atoms with Gasteiger partial charge in [0.1, 0.15) is 16.2 Å². The van der Waals surface area contributed by atoms with Crippen LogP contribution in [-0.2, 0) is 10.0 Å². The van der Waals surface area contributed by atoms with Crippen molar-refractivity contribution in [2.75, 3.05) is 5.73 Å². The summed E-state index contributed by atoms with van der Waals surface area (Å²) < 4.78 is 22.6. The highest BCUT2D eigenvalue weighted by molar-refractivity contribution is 7.99. The Balaban J connectivity index is 2.42. The second-order valence-corrected chi connectivity index (χ2v) is 5.95. The van der Waals surface area contributed by atoms with Gasteiger partial charge in [0.25, 0.3) is 0 Å². The van der Waals surface area contributed by atoms with Crippen LogP contribution >= 0.6 is 11.8 Å². The van der Waals surface area contributed by atoms with Crippen molar-refractivity contribution in [2.24, 2.45) is 5.14 Å². The number of nitrogens with two attached hydrogens (primary N) is 2. The maximum atomic E-state index is 11.3. The molecule has 2 aromatic rings. The SMILES string of the molecule is Nc1c(Sc2ccncn2)cccc1S(N)(=O)=O. The smallest absolute Gasteiger partial charge is 0.240 e. The summed E-state index contributed by atoms with van der Waals surface area (Å²) in [5, 5.41) is 5.75. The van der Waals surface area contributed by atoms with E-state index in [9.17, 15) is 8.42 Å². The lowest BCUT2D eigenvalue weighted by molar-refractivity contribution is 0.598. The molecule has 6 nitrogen and oxygen atoms in total. The van der Waals surface area contributed by atoms with Gasteiger partial charge < -0.3 is 5.73 Å². The molecule has 0 aliphatic heterocycles. The van der Waals surface area contributed by atoms with Crippen LogP contribution in [0.15, 0.2) is 51.6 Å². The lowest BCUT2D eigenvalue weighted by Crippen LogP contribution is -2.14. The number of nitrogen functional groups attached to an aromatic ring is 1. The fourth-order valence-electron chi connectivity index (χ4n) is 1.31. The predicted octanol–water partition coefficient (Wildman–Crippen LogP) is 0.857. The molecule has 0 fully saturated rings. The molecule has 0 unspecified atom stereocenters. The third kappa shape index (κ3) is 2.78. The molecular weight excluding hydrogens is 272 g/mol. The molecule has 0 saturated carbocycles. The first-order valence-electron chi connectivity index (χ1n) is 4.83. The number of benzene rings is 1. The van der Waals surface area contributed by atoms with Crippen molar-refractivity contribution in [3.05, 3.63) is 36.8 Å². The molecule has 1 aromatic heterocycles.